The molecule has 0 fully saturated rings. The third-order valence-electron chi connectivity index (χ3n) is 2.92. The molecule has 2 aromatic rings. The number of halogens is 1. The van der Waals surface area contributed by atoms with E-state index in [0.717, 1.165) is 4.68 Å². The van der Waals surface area contributed by atoms with Gasteiger partial charge in [-0.25, -0.2) is 9.48 Å². The largest absolute Gasteiger partial charge is 0.462 e. The highest BCUT2D eigenvalue weighted by atomic mass is 35.5. The molecule has 1 aromatic carbocycles. The summed E-state index contributed by atoms with van der Waals surface area (Å²) in [6.07, 6.45) is 1.53. The predicted octanol–water partition coefficient (Wildman–Crippen LogP) is 2.93. The Hall–Kier alpha value is -2.40. The van der Waals surface area contributed by atoms with E-state index in [2.05, 4.69) is 11.7 Å². The van der Waals surface area contributed by atoms with Gasteiger partial charge in [0.15, 0.2) is 0 Å². The molecular weight excluding hydrogens is 304 g/mol. The molecule has 0 bridgehead atoms. The number of aromatic nitrogens is 2. The van der Waals surface area contributed by atoms with Crippen LogP contribution in [0.1, 0.15) is 17.3 Å². The van der Waals surface area contributed by atoms with E-state index in [-0.39, 0.29) is 18.7 Å². The Labute approximate surface area is 132 Å². The van der Waals surface area contributed by atoms with Gasteiger partial charge in [-0.1, -0.05) is 35.9 Å². The fourth-order valence-corrected chi connectivity index (χ4v) is 2.18. The second-order valence-electron chi connectivity index (χ2n) is 4.42. The second kappa shape index (κ2) is 7.04. The van der Waals surface area contributed by atoms with Crippen molar-refractivity contribution < 1.29 is 9.53 Å². The highest BCUT2D eigenvalue weighted by Gasteiger charge is 2.17. The van der Waals surface area contributed by atoms with E-state index in [1.807, 2.05) is 0 Å². The molecule has 1 aromatic heterocycles. The monoisotopic (exact) mass is 318 g/mol. The maximum absolute atomic E-state index is 12.3. The number of hydrogen-bond donors (Lipinski definition) is 0. The van der Waals surface area contributed by atoms with Crippen LogP contribution in [0.15, 0.2) is 47.8 Å². The molecule has 1 heterocycles. The van der Waals surface area contributed by atoms with Gasteiger partial charge < -0.3 is 4.74 Å². The summed E-state index contributed by atoms with van der Waals surface area (Å²) >= 11 is 6.16. The van der Waals surface area contributed by atoms with Gasteiger partial charge in [0.2, 0.25) is 0 Å². The zero-order valence-electron chi connectivity index (χ0n) is 12.1. The van der Waals surface area contributed by atoms with Crippen LogP contribution in [0.3, 0.4) is 0 Å². The summed E-state index contributed by atoms with van der Waals surface area (Å²) in [5, 5.41) is 4.72. The van der Waals surface area contributed by atoms with Crippen LogP contribution < -0.4 is 5.56 Å². The van der Waals surface area contributed by atoms with E-state index in [4.69, 9.17) is 16.3 Å². The highest BCUT2D eigenvalue weighted by molar-refractivity contribution is 6.33. The van der Waals surface area contributed by atoms with Crippen LogP contribution in [0, 0.1) is 0 Å². The SMILES string of the molecule is C=CCn1nc(-c2ccccc2Cl)cc(C(=O)OCC)c1=O. The lowest BCUT2D eigenvalue weighted by atomic mass is 10.1. The zero-order chi connectivity index (χ0) is 16.1. The van der Waals surface area contributed by atoms with Gasteiger partial charge in [-0.3, -0.25) is 4.79 Å². The molecule has 22 heavy (non-hydrogen) atoms. The summed E-state index contributed by atoms with van der Waals surface area (Å²) in [5.74, 6) is -0.680. The number of esters is 1. The Morgan fingerprint density at radius 3 is 2.82 bits per heavy atom. The molecule has 0 spiro atoms. The molecule has 0 radical (unpaired) electrons. The van der Waals surface area contributed by atoms with E-state index in [1.165, 1.54) is 12.1 Å². The van der Waals surface area contributed by atoms with Crippen LogP contribution in [0.4, 0.5) is 0 Å². The van der Waals surface area contributed by atoms with Crippen LogP contribution in [-0.4, -0.2) is 22.4 Å². The molecule has 2 rings (SSSR count). The minimum Gasteiger partial charge on any atom is -0.462 e. The average molecular weight is 319 g/mol. The number of hydrogen-bond acceptors (Lipinski definition) is 4. The predicted molar refractivity (Wildman–Crippen MR) is 85.1 cm³/mol. The first-order chi connectivity index (χ1) is 10.6. The van der Waals surface area contributed by atoms with Crippen LogP contribution in [-0.2, 0) is 11.3 Å². The molecule has 0 saturated carbocycles. The number of carbonyl (C=O) groups is 1. The lowest BCUT2D eigenvalue weighted by Gasteiger charge is -2.10. The molecule has 6 heteroatoms. The Morgan fingerprint density at radius 1 is 1.45 bits per heavy atom. The Kier molecular flexibility index (Phi) is 5.12. The van der Waals surface area contributed by atoms with Gasteiger partial charge in [0.05, 0.1) is 23.9 Å². The highest BCUT2D eigenvalue weighted by Crippen LogP contribution is 2.25. The van der Waals surface area contributed by atoms with Crippen molar-refractivity contribution in [3.8, 4) is 11.3 Å². The summed E-state index contributed by atoms with van der Waals surface area (Å²) in [5.41, 5.74) is 0.463. The van der Waals surface area contributed by atoms with E-state index in [1.54, 1.807) is 31.2 Å². The minimum absolute atomic E-state index is 0.0754. The number of allylic oxidation sites excluding steroid dienone is 1. The van der Waals surface area contributed by atoms with E-state index in [9.17, 15) is 9.59 Å². The summed E-state index contributed by atoms with van der Waals surface area (Å²) in [6.45, 7) is 5.63. The van der Waals surface area contributed by atoms with E-state index < -0.39 is 11.5 Å². The summed E-state index contributed by atoms with van der Waals surface area (Å²) < 4.78 is 6.09. The van der Waals surface area contributed by atoms with E-state index in [0.29, 0.717) is 16.3 Å². The van der Waals surface area contributed by atoms with Crippen molar-refractivity contribution >= 4 is 17.6 Å². The van der Waals surface area contributed by atoms with Gasteiger partial charge in [0.1, 0.15) is 5.56 Å². The first kappa shape index (κ1) is 16.0. The van der Waals surface area contributed by atoms with Crippen LogP contribution in [0.2, 0.25) is 5.02 Å². The third kappa shape index (κ3) is 3.26. The van der Waals surface area contributed by atoms with Crippen molar-refractivity contribution in [2.24, 2.45) is 0 Å². The minimum atomic E-state index is -0.680. The standard InChI is InChI=1S/C16H15ClN2O3/c1-3-9-19-15(20)12(16(21)22-4-2)10-14(18-19)11-7-5-6-8-13(11)17/h3,5-8,10H,1,4,9H2,2H3. The van der Waals surface area contributed by atoms with Crippen molar-refractivity contribution in [1.29, 1.82) is 0 Å². The van der Waals surface area contributed by atoms with Gasteiger partial charge in [0.25, 0.3) is 5.56 Å². The van der Waals surface area contributed by atoms with Crippen molar-refractivity contribution in [3.05, 3.63) is 63.9 Å². The molecule has 5 nitrogen and oxygen atoms in total. The first-order valence-electron chi connectivity index (χ1n) is 6.73. The maximum Gasteiger partial charge on any atom is 0.343 e. The van der Waals surface area contributed by atoms with E-state index >= 15 is 0 Å². The van der Waals surface area contributed by atoms with Crippen molar-refractivity contribution in [2.75, 3.05) is 6.61 Å². The fourth-order valence-electron chi connectivity index (χ4n) is 1.94. The Balaban J connectivity index is 2.65. The van der Waals surface area contributed by atoms with Gasteiger partial charge in [-0.15, -0.1) is 6.58 Å². The number of carbonyl (C=O) groups excluding carboxylic acids is 1. The van der Waals surface area contributed by atoms with Gasteiger partial charge >= 0.3 is 5.97 Å². The molecule has 0 saturated heterocycles. The number of rotatable bonds is 5. The molecule has 0 aliphatic heterocycles. The van der Waals surface area contributed by atoms with Crippen LogP contribution in [0.25, 0.3) is 11.3 Å². The van der Waals surface area contributed by atoms with Gasteiger partial charge in [-0.05, 0) is 19.1 Å². The normalized spacial score (nSPS) is 10.3. The quantitative estimate of drug-likeness (QED) is 0.628. The smallest absolute Gasteiger partial charge is 0.343 e. The van der Waals surface area contributed by atoms with Crippen molar-refractivity contribution in [1.82, 2.24) is 9.78 Å². The first-order valence-corrected chi connectivity index (χ1v) is 7.11. The number of ether oxygens (including phenoxy) is 1. The summed E-state index contributed by atoms with van der Waals surface area (Å²) in [4.78, 5) is 24.2. The zero-order valence-corrected chi connectivity index (χ0v) is 12.8. The van der Waals surface area contributed by atoms with Gasteiger partial charge in [0, 0.05) is 5.56 Å². The lowest BCUT2D eigenvalue weighted by molar-refractivity contribution is 0.0523. The van der Waals surface area contributed by atoms with Crippen LogP contribution in [0.5, 0.6) is 0 Å². The van der Waals surface area contributed by atoms with Crippen LogP contribution >= 0.6 is 11.6 Å². The molecule has 0 aliphatic rings. The summed E-state index contributed by atoms with van der Waals surface area (Å²) in [7, 11) is 0. The molecule has 0 amide bonds. The number of nitrogens with zero attached hydrogens (tertiary/aromatic N) is 2. The number of benzene rings is 1. The molecule has 0 N–H and O–H groups in total. The summed E-state index contributed by atoms with van der Waals surface area (Å²) in [6, 6.07) is 8.47. The molecule has 0 unspecified atom stereocenters. The molecule has 0 atom stereocenters. The third-order valence-corrected chi connectivity index (χ3v) is 3.25. The van der Waals surface area contributed by atoms with Gasteiger partial charge in [-0.2, -0.15) is 5.10 Å². The molecule has 114 valence electrons. The molecular formula is C16H15ClN2O3. The second-order valence-corrected chi connectivity index (χ2v) is 4.83. The van der Waals surface area contributed by atoms with Crippen molar-refractivity contribution in [2.45, 2.75) is 13.5 Å². The Morgan fingerprint density at radius 2 is 2.18 bits per heavy atom. The maximum atomic E-state index is 12.3. The Bertz CT molecular complexity index is 768. The fraction of sp³-hybridized carbons (Fsp3) is 0.188. The average Bonchev–Trinajstić information content (AvgIpc) is 2.50. The lowest BCUT2D eigenvalue weighted by Crippen LogP contribution is -2.29. The topological polar surface area (TPSA) is 61.2 Å². The van der Waals surface area contributed by atoms with Crippen molar-refractivity contribution in [3.63, 3.8) is 0 Å². The molecule has 0 aliphatic carbocycles.